The average molecular weight is 538 g/mol. The third-order valence-corrected chi connectivity index (χ3v) is 7.28. The van der Waals surface area contributed by atoms with E-state index in [0.29, 0.717) is 4.68 Å². The molecule has 2 aliphatic rings. The normalized spacial score (nSPS) is 24.5. The molecule has 0 radical (unpaired) electrons. The third-order valence-electron chi connectivity index (χ3n) is 7.28. The van der Waals surface area contributed by atoms with E-state index in [4.69, 9.17) is 9.47 Å². The lowest BCUT2D eigenvalue weighted by molar-refractivity contribution is -0.148. The van der Waals surface area contributed by atoms with Crippen LogP contribution in [0, 0.1) is 0 Å². The standard InChI is InChI=1S/C29H26F3N3O4/c30-29(31,32)28-33-21-14-8-7-13-20(21)27(37)35(28)34-22-15-23(36)25(38-16-18-9-3-1-4-10-18)26(24(22)34)39-17-19-11-5-2-6-12-19/h1-14,22-26,36H,15-17H2/t22-,23-,24-,25+,26+,34?/m1/s1. The van der Waals surface area contributed by atoms with Gasteiger partial charge in [-0.2, -0.15) is 17.8 Å². The van der Waals surface area contributed by atoms with Crippen LogP contribution in [-0.4, -0.2) is 45.2 Å². The minimum Gasteiger partial charge on any atom is -0.390 e. The highest BCUT2D eigenvalue weighted by molar-refractivity contribution is 5.77. The predicted octanol–water partition coefficient (Wildman–Crippen LogP) is 4.04. The Morgan fingerprint density at radius 1 is 0.846 bits per heavy atom. The van der Waals surface area contributed by atoms with Gasteiger partial charge in [-0.3, -0.25) is 9.80 Å². The molecular formula is C29H26F3N3O4. The van der Waals surface area contributed by atoms with E-state index in [1.54, 1.807) is 6.07 Å². The first-order chi connectivity index (χ1) is 18.8. The van der Waals surface area contributed by atoms with E-state index in [1.807, 2.05) is 60.7 Å². The molecule has 5 atom stereocenters. The maximum absolute atomic E-state index is 14.2. The molecule has 2 fully saturated rings. The molecular weight excluding hydrogens is 511 g/mol. The fourth-order valence-electron chi connectivity index (χ4n) is 5.43. The predicted molar refractivity (Wildman–Crippen MR) is 137 cm³/mol. The number of para-hydroxylation sites is 1. The Labute approximate surface area is 222 Å². The van der Waals surface area contributed by atoms with Crippen molar-refractivity contribution in [3.63, 3.8) is 0 Å². The van der Waals surface area contributed by atoms with Gasteiger partial charge in [-0.25, -0.2) is 4.98 Å². The van der Waals surface area contributed by atoms with Crippen LogP contribution in [0.15, 0.2) is 89.7 Å². The minimum absolute atomic E-state index is 0.0307. The summed E-state index contributed by atoms with van der Waals surface area (Å²) in [6.07, 6.45) is -7.40. The second-order valence-electron chi connectivity index (χ2n) is 9.83. The molecule has 7 nitrogen and oxygen atoms in total. The summed E-state index contributed by atoms with van der Waals surface area (Å²) in [5, 5.41) is 12.5. The van der Waals surface area contributed by atoms with Crippen molar-refractivity contribution >= 4 is 10.9 Å². The molecule has 202 valence electrons. The fourth-order valence-corrected chi connectivity index (χ4v) is 5.43. The molecule has 0 unspecified atom stereocenters. The topological polar surface area (TPSA) is 76.6 Å². The van der Waals surface area contributed by atoms with E-state index in [1.165, 1.54) is 23.2 Å². The van der Waals surface area contributed by atoms with Crippen LogP contribution in [0.1, 0.15) is 23.4 Å². The Hall–Kier alpha value is -3.73. The third kappa shape index (κ3) is 4.91. The zero-order chi connectivity index (χ0) is 27.1. The summed E-state index contributed by atoms with van der Waals surface area (Å²) < 4.78 is 55.6. The molecule has 0 spiro atoms. The summed E-state index contributed by atoms with van der Waals surface area (Å²) >= 11 is 0. The average Bonchev–Trinajstić information content (AvgIpc) is 3.64. The largest absolute Gasteiger partial charge is 0.451 e. The minimum atomic E-state index is -4.88. The second-order valence-corrected chi connectivity index (χ2v) is 9.83. The summed E-state index contributed by atoms with van der Waals surface area (Å²) in [7, 11) is 0. The van der Waals surface area contributed by atoms with Crippen molar-refractivity contribution < 1.29 is 27.8 Å². The number of ether oxygens (including phenoxy) is 2. The van der Waals surface area contributed by atoms with Gasteiger partial charge in [-0.1, -0.05) is 72.8 Å². The van der Waals surface area contributed by atoms with Gasteiger partial charge in [0.15, 0.2) is 0 Å². The zero-order valence-corrected chi connectivity index (χ0v) is 20.7. The number of aliphatic hydroxyl groups excluding tert-OH is 1. The number of rotatable bonds is 7. The van der Waals surface area contributed by atoms with Gasteiger partial charge < -0.3 is 14.6 Å². The molecule has 0 bridgehead atoms. The number of aromatic nitrogens is 2. The molecule has 6 rings (SSSR count). The first kappa shape index (κ1) is 25.5. The fraction of sp³-hybridized carbons (Fsp3) is 0.310. The van der Waals surface area contributed by atoms with Crippen molar-refractivity contribution in [2.24, 2.45) is 0 Å². The van der Waals surface area contributed by atoms with Crippen LogP contribution < -0.4 is 10.6 Å². The van der Waals surface area contributed by atoms with Gasteiger partial charge in [0.25, 0.3) is 5.56 Å². The Kier molecular flexibility index (Phi) is 6.62. The number of alkyl halides is 3. The Bertz CT molecular complexity index is 1510. The van der Waals surface area contributed by atoms with E-state index in [0.717, 1.165) is 11.1 Å². The Morgan fingerprint density at radius 3 is 2.03 bits per heavy atom. The SMILES string of the molecule is O=c1c2ccccc2nc(C(F)(F)F)n1N1[C@H]2[C@H](OCc3ccccc3)[C@@H](OCc3ccccc3)[C@H](O)C[C@H]21. The maximum atomic E-state index is 14.2. The highest BCUT2D eigenvalue weighted by atomic mass is 19.4. The van der Waals surface area contributed by atoms with Crippen LogP contribution >= 0.6 is 0 Å². The van der Waals surface area contributed by atoms with Gasteiger partial charge in [0.05, 0.1) is 42.3 Å². The van der Waals surface area contributed by atoms with Gasteiger partial charge in [-0.15, -0.1) is 0 Å². The van der Waals surface area contributed by atoms with E-state index in [9.17, 15) is 23.1 Å². The van der Waals surface area contributed by atoms with Crippen LogP contribution in [-0.2, 0) is 28.9 Å². The van der Waals surface area contributed by atoms with Crippen molar-refractivity contribution in [1.29, 1.82) is 0 Å². The lowest BCUT2D eigenvalue weighted by Crippen LogP contribution is -2.49. The second kappa shape index (κ2) is 10.1. The van der Waals surface area contributed by atoms with Crippen molar-refractivity contribution in [2.45, 2.75) is 56.2 Å². The molecule has 1 aromatic heterocycles. The molecule has 1 aliphatic heterocycles. The van der Waals surface area contributed by atoms with E-state index in [-0.39, 0.29) is 30.5 Å². The quantitative estimate of drug-likeness (QED) is 0.359. The van der Waals surface area contributed by atoms with Crippen LogP contribution in [0.4, 0.5) is 13.2 Å². The molecule has 0 amide bonds. The van der Waals surface area contributed by atoms with Crippen molar-refractivity contribution in [3.05, 3.63) is 112 Å². The van der Waals surface area contributed by atoms with Gasteiger partial charge in [0.2, 0.25) is 5.82 Å². The highest BCUT2D eigenvalue weighted by Crippen LogP contribution is 2.43. The van der Waals surface area contributed by atoms with Crippen molar-refractivity contribution in [2.75, 3.05) is 5.01 Å². The number of hydrogen-bond acceptors (Lipinski definition) is 6. The molecule has 10 heteroatoms. The van der Waals surface area contributed by atoms with E-state index >= 15 is 0 Å². The summed E-state index contributed by atoms with van der Waals surface area (Å²) in [6, 6.07) is 23.5. The molecule has 1 saturated carbocycles. The van der Waals surface area contributed by atoms with Gasteiger partial charge in [-0.05, 0) is 23.3 Å². The lowest BCUT2D eigenvalue weighted by Gasteiger charge is -2.33. The number of benzene rings is 3. The van der Waals surface area contributed by atoms with Gasteiger partial charge in [0.1, 0.15) is 12.2 Å². The van der Waals surface area contributed by atoms with Crippen LogP contribution in [0.5, 0.6) is 0 Å². The van der Waals surface area contributed by atoms with E-state index in [2.05, 4.69) is 4.98 Å². The number of fused-ring (bicyclic) bond motifs is 2. The molecule has 1 N–H and O–H groups in total. The Balaban J connectivity index is 1.37. The first-order valence-corrected chi connectivity index (χ1v) is 12.7. The maximum Gasteiger partial charge on any atom is 0.451 e. The molecule has 4 aromatic rings. The number of hydrogen-bond donors (Lipinski definition) is 1. The Morgan fingerprint density at radius 2 is 1.41 bits per heavy atom. The monoisotopic (exact) mass is 537 g/mol. The molecule has 2 heterocycles. The molecule has 1 saturated heterocycles. The number of nitrogens with zero attached hydrogens (tertiary/aromatic N) is 3. The van der Waals surface area contributed by atoms with Crippen LogP contribution in [0.3, 0.4) is 0 Å². The first-order valence-electron chi connectivity index (χ1n) is 12.7. The molecule has 1 aliphatic carbocycles. The van der Waals surface area contributed by atoms with Crippen molar-refractivity contribution in [1.82, 2.24) is 9.66 Å². The highest BCUT2D eigenvalue weighted by Gasteiger charge is 2.63. The lowest BCUT2D eigenvalue weighted by atomic mass is 9.91. The number of aliphatic hydroxyl groups is 1. The van der Waals surface area contributed by atoms with Gasteiger partial charge in [0, 0.05) is 6.42 Å². The summed E-state index contributed by atoms with van der Waals surface area (Å²) in [4.78, 5) is 17.2. The smallest absolute Gasteiger partial charge is 0.390 e. The van der Waals surface area contributed by atoms with Gasteiger partial charge >= 0.3 is 6.18 Å². The summed E-state index contributed by atoms with van der Waals surface area (Å²) in [6.45, 7) is 0.355. The van der Waals surface area contributed by atoms with E-state index < -0.39 is 48.0 Å². The number of halogens is 3. The zero-order valence-electron chi connectivity index (χ0n) is 20.7. The molecule has 3 aromatic carbocycles. The molecule has 39 heavy (non-hydrogen) atoms. The summed E-state index contributed by atoms with van der Waals surface area (Å²) in [5.41, 5.74) is 0.900. The van der Waals surface area contributed by atoms with Crippen molar-refractivity contribution in [3.8, 4) is 0 Å². The summed E-state index contributed by atoms with van der Waals surface area (Å²) in [5.74, 6) is -1.31. The van der Waals surface area contributed by atoms with Crippen LogP contribution in [0.2, 0.25) is 0 Å². The van der Waals surface area contributed by atoms with Crippen LogP contribution in [0.25, 0.3) is 10.9 Å².